The predicted molar refractivity (Wildman–Crippen MR) is 72.4 cm³/mol. The van der Waals surface area contributed by atoms with Crippen LogP contribution in [0, 0.1) is 0 Å². The molecular weight excluding hydrogens is 268 g/mol. The zero-order chi connectivity index (χ0) is 13.8. The van der Waals surface area contributed by atoms with Crippen LogP contribution in [0.25, 0.3) is 17.4 Å². The number of carboxylic acid groups (broad SMARTS) is 1. The van der Waals surface area contributed by atoms with Gasteiger partial charge in [0.1, 0.15) is 17.3 Å². The van der Waals surface area contributed by atoms with Crippen molar-refractivity contribution in [2.75, 3.05) is 7.11 Å². The van der Waals surface area contributed by atoms with Gasteiger partial charge >= 0.3 is 5.97 Å². The van der Waals surface area contributed by atoms with Gasteiger partial charge in [-0.15, -0.1) is 0 Å². The van der Waals surface area contributed by atoms with Gasteiger partial charge in [-0.1, -0.05) is 11.6 Å². The summed E-state index contributed by atoms with van der Waals surface area (Å²) in [6.07, 6.45) is 2.40. The first-order valence-corrected chi connectivity index (χ1v) is 5.82. The number of benzene rings is 1. The van der Waals surface area contributed by atoms with E-state index in [1.165, 1.54) is 6.08 Å². The SMILES string of the molecule is COc1ccc(-c2ccc(/C=C/C(=O)O)o2)cc1Cl. The topological polar surface area (TPSA) is 59.7 Å². The average molecular weight is 279 g/mol. The van der Waals surface area contributed by atoms with E-state index in [9.17, 15) is 4.79 Å². The number of hydrogen-bond donors (Lipinski definition) is 1. The summed E-state index contributed by atoms with van der Waals surface area (Å²) in [5, 5.41) is 9.02. The fourth-order valence-electron chi connectivity index (χ4n) is 1.57. The van der Waals surface area contributed by atoms with Crippen LogP contribution in [-0.2, 0) is 4.79 Å². The molecule has 0 fully saturated rings. The van der Waals surface area contributed by atoms with Gasteiger partial charge in [-0.2, -0.15) is 0 Å². The standard InChI is InChI=1S/C14H11ClO4/c1-18-13-5-2-9(8-11(13)15)12-6-3-10(19-12)4-7-14(16)17/h2-8H,1H3,(H,16,17)/b7-4+. The number of hydrogen-bond acceptors (Lipinski definition) is 3. The second kappa shape index (κ2) is 5.63. The van der Waals surface area contributed by atoms with Crippen LogP contribution >= 0.6 is 11.6 Å². The molecule has 0 aliphatic rings. The molecule has 0 saturated carbocycles. The molecule has 0 aliphatic heterocycles. The number of methoxy groups -OCH3 is 1. The fraction of sp³-hybridized carbons (Fsp3) is 0.0714. The number of rotatable bonds is 4. The molecule has 0 bridgehead atoms. The Hall–Kier alpha value is -2.20. The molecule has 2 rings (SSSR count). The van der Waals surface area contributed by atoms with E-state index in [4.69, 9.17) is 25.9 Å². The molecule has 0 aliphatic carbocycles. The highest BCUT2D eigenvalue weighted by Crippen LogP contribution is 2.31. The van der Waals surface area contributed by atoms with Crippen LogP contribution in [0.3, 0.4) is 0 Å². The van der Waals surface area contributed by atoms with E-state index in [0.29, 0.717) is 22.3 Å². The Labute approximate surface area is 114 Å². The quantitative estimate of drug-likeness (QED) is 0.866. The molecule has 19 heavy (non-hydrogen) atoms. The summed E-state index contributed by atoms with van der Waals surface area (Å²) in [6.45, 7) is 0. The summed E-state index contributed by atoms with van der Waals surface area (Å²) >= 11 is 6.03. The molecular formula is C14H11ClO4. The highest BCUT2D eigenvalue weighted by atomic mass is 35.5. The smallest absolute Gasteiger partial charge is 0.328 e. The minimum absolute atomic E-state index is 0.462. The van der Waals surface area contributed by atoms with E-state index >= 15 is 0 Å². The predicted octanol–water partition coefficient (Wildman–Crippen LogP) is 3.71. The molecule has 98 valence electrons. The second-order valence-electron chi connectivity index (χ2n) is 3.72. The summed E-state index contributed by atoms with van der Waals surface area (Å²) in [5.41, 5.74) is 0.792. The molecule has 1 N–H and O–H groups in total. The van der Waals surface area contributed by atoms with Gasteiger partial charge in [0.25, 0.3) is 0 Å². The van der Waals surface area contributed by atoms with Crippen molar-refractivity contribution >= 4 is 23.6 Å². The lowest BCUT2D eigenvalue weighted by Crippen LogP contribution is -1.85. The molecule has 1 aromatic heterocycles. The first-order valence-electron chi connectivity index (χ1n) is 5.45. The van der Waals surface area contributed by atoms with Gasteiger partial charge in [0.15, 0.2) is 0 Å². The van der Waals surface area contributed by atoms with E-state index in [1.54, 1.807) is 31.4 Å². The van der Waals surface area contributed by atoms with E-state index < -0.39 is 5.97 Å². The molecule has 0 radical (unpaired) electrons. The Morgan fingerprint density at radius 2 is 2.16 bits per heavy atom. The average Bonchev–Trinajstić information content (AvgIpc) is 2.85. The van der Waals surface area contributed by atoms with Crippen LogP contribution in [0.2, 0.25) is 5.02 Å². The Morgan fingerprint density at radius 1 is 1.37 bits per heavy atom. The van der Waals surface area contributed by atoms with Gasteiger partial charge in [-0.3, -0.25) is 0 Å². The minimum Gasteiger partial charge on any atom is -0.495 e. The van der Waals surface area contributed by atoms with Crippen LogP contribution in [0.4, 0.5) is 0 Å². The van der Waals surface area contributed by atoms with Crippen molar-refractivity contribution in [2.45, 2.75) is 0 Å². The second-order valence-corrected chi connectivity index (χ2v) is 4.13. The molecule has 0 amide bonds. The van der Waals surface area contributed by atoms with E-state index in [2.05, 4.69) is 0 Å². The lowest BCUT2D eigenvalue weighted by molar-refractivity contribution is -0.131. The number of furan rings is 1. The minimum atomic E-state index is -1.02. The highest BCUT2D eigenvalue weighted by molar-refractivity contribution is 6.32. The molecule has 0 saturated heterocycles. The fourth-order valence-corrected chi connectivity index (χ4v) is 1.83. The molecule has 0 atom stereocenters. The van der Waals surface area contributed by atoms with Crippen molar-refractivity contribution in [3.8, 4) is 17.1 Å². The molecule has 0 unspecified atom stereocenters. The summed E-state index contributed by atoms with van der Waals surface area (Å²) < 4.78 is 10.6. The maximum Gasteiger partial charge on any atom is 0.328 e. The Kier molecular flexibility index (Phi) is 3.92. The van der Waals surface area contributed by atoms with E-state index in [-0.39, 0.29) is 0 Å². The number of ether oxygens (including phenoxy) is 1. The molecule has 5 heteroatoms. The third-order valence-corrected chi connectivity index (χ3v) is 2.75. The van der Waals surface area contributed by atoms with Crippen LogP contribution in [0.15, 0.2) is 40.8 Å². The van der Waals surface area contributed by atoms with Gasteiger partial charge in [-0.05, 0) is 36.4 Å². The lowest BCUT2D eigenvalue weighted by atomic mass is 10.2. The number of halogens is 1. The Balaban J connectivity index is 2.27. The molecule has 1 aromatic carbocycles. The van der Waals surface area contributed by atoms with Gasteiger partial charge in [0.05, 0.1) is 12.1 Å². The summed E-state index contributed by atoms with van der Waals surface area (Å²) in [7, 11) is 1.54. The number of carboxylic acids is 1. The maximum atomic E-state index is 10.4. The maximum absolute atomic E-state index is 10.4. The van der Waals surface area contributed by atoms with Crippen molar-refractivity contribution in [2.24, 2.45) is 0 Å². The Bertz CT molecular complexity index is 628. The van der Waals surface area contributed by atoms with Gasteiger partial charge in [0, 0.05) is 11.6 Å². The molecule has 2 aromatic rings. The van der Waals surface area contributed by atoms with Gasteiger partial charge in [0.2, 0.25) is 0 Å². The monoisotopic (exact) mass is 278 g/mol. The first-order chi connectivity index (χ1) is 9.10. The summed E-state index contributed by atoms with van der Waals surface area (Å²) in [5.74, 6) is 0.632. The summed E-state index contributed by atoms with van der Waals surface area (Å²) in [4.78, 5) is 10.4. The summed E-state index contributed by atoms with van der Waals surface area (Å²) in [6, 6.07) is 8.72. The number of carbonyl (C=O) groups is 1. The van der Waals surface area contributed by atoms with Crippen molar-refractivity contribution < 1.29 is 19.1 Å². The van der Waals surface area contributed by atoms with E-state index in [0.717, 1.165) is 11.6 Å². The normalized spacial score (nSPS) is 10.8. The van der Waals surface area contributed by atoms with Crippen molar-refractivity contribution in [1.82, 2.24) is 0 Å². The lowest BCUT2D eigenvalue weighted by Gasteiger charge is -2.03. The molecule has 4 nitrogen and oxygen atoms in total. The van der Waals surface area contributed by atoms with Crippen molar-refractivity contribution in [3.63, 3.8) is 0 Å². The third kappa shape index (κ3) is 3.17. The van der Waals surface area contributed by atoms with E-state index in [1.807, 2.05) is 6.07 Å². The number of aliphatic carboxylic acids is 1. The molecule has 1 heterocycles. The van der Waals surface area contributed by atoms with Gasteiger partial charge < -0.3 is 14.3 Å². The van der Waals surface area contributed by atoms with Crippen LogP contribution < -0.4 is 4.74 Å². The van der Waals surface area contributed by atoms with Crippen LogP contribution in [-0.4, -0.2) is 18.2 Å². The highest BCUT2D eigenvalue weighted by Gasteiger charge is 2.07. The largest absolute Gasteiger partial charge is 0.495 e. The zero-order valence-corrected chi connectivity index (χ0v) is 10.8. The van der Waals surface area contributed by atoms with Gasteiger partial charge in [-0.25, -0.2) is 4.79 Å². The van der Waals surface area contributed by atoms with Crippen molar-refractivity contribution in [1.29, 1.82) is 0 Å². The molecule has 0 spiro atoms. The third-order valence-electron chi connectivity index (χ3n) is 2.45. The van der Waals surface area contributed by atoms with Crippen molar-refractivity contribution in [3.05, 3.63) is 47.2 Å². The van der Waals surface area contributed by atoms with Crippen LogP contribution in [0.5, 0.6) is 5.75 Å². The van der Waals surface area contributed by atoms with Crippen LogP contribution in [0.1, 0.15) is 5.76 Å². The Morgan fingerprint density at radius 3 is 2.79 bits per heavy atom. The zero-order valence-electron chi connectivity index (χ0n) is 10.1. The first kappa shape index (κ1) is 13.2.